The average Bonchev–Trinajstić information content (AvgIpc) is 2.79. The van der Waals surface area contributed by atoms with E-state index >= 15 is 0 Å². The molecule has 6 nitrogen and oxygen atoms in total. The highest BCUT2D eigenvalue weighted by molar-refractivity contribution is 8.00. The second-order valence-electron chi connectivity index (χ2n) is 5.02. The maximum Gasteiger partial charge on any atom is 0.295 e. The number of anilines is 1. The number of benzene rings is 1. The van der Waals surface area contributed by atoms with Crippen LogP contribution in [0.3, 0.4) is 0 Å². The topological polar surface area (TPSA) is 81.2 Å². The fourth-order valence-corrected chi connectivity index (χ4v) is 3.28. The van der Waals surface area contributed by atoms with E-state index in [0.717, 1.165) is 6.54 Å². The number of nitrogens with zero attached hydrogens (tertiary/aromatic N) is 2. The Morgan fingerprint density at radius 2 is 2.35 bits per heavy atom. The standard InChI is InChI=1S/C13H15N3O3S/c1-20-13(5-2-6-13)8-14-12-15-10-7-9(16(17)18)3-4-11(10)19-12/h3-4,7H,2,5-6,8H2,1H3,(H,14,15). The first-order chi connectivity index (χ1) is 9.62. The third kappa shape index (κ3) is 2.33. The normalized spacial score (nSPS) is 16.9. The number of aromatic nitrogens is 1. The zero-order valence-electron chi connectivity index (χ0n) is 11.1. The van der Waals surface area contributed by atoms with Crippen LogP contribution in [0.4, 0.5) is 11.7 Å². The summed E-state index contributed by atoms with van der Waals surface area (Å²) in [4.78, 5) is 14.6. The molecule has 0 radical (unpaired) electrons. The lowest BCUT2D eigenvalue weighted by Gasteiger charge is -2.40. The molecule has 0 bridgehead atoms. The number of hydrogen-bond acceptors (Lipinski definition) is 6. The molecule has 1 heterocycles. The van der Waals surface area contributed by atoms with Crippen LogP contribution < -0.4 is 5.32 Å². The predicted molar refractivity (Wildman–Crippen MR) is 79.3 cm³/mol. The molecule has 1 N–H and O–H groups in total. The first kappa shape index (κ1) is 13.2. The summed E-state index contributed by atoms with van der Waals surface area (Å²) in [5.41, 5.74) is 1.09. The number of nitro groups is 1. The van der Waals surface area contributed by atoms with E-state index < -0.39 is 4.92 Å². The van der Waals surface area contributed by atoms with Crippen molar-refractivity contribution in [3.63, 3.8) is 0 Å². The van der Waals surface area contributed by atoms with Crippen LogP contribution in [0, 0.1) is 10.1 Å². The highest BCUT2D eigenvalue weighted by atomic mass is 32.2. The van der Waals surface area contributed by atoms with Crippen molar-refractivity contribution in [1.29, 1.82) is 0 Å². The maximum atomic E-state index is 10.7. The van der Waals surface area contributed by atoms with Crippen molar-refractivity contribution in [3.05, 3.63) is 28.3 Å². The zero-order valence-corrected chi connectivity index (χ0v) is 11.9. The molecule has 1 fully saturated rings. The van der Waals surface area contributed by atoms with E-state index in [0.29, 0.717) is 17.1 Å². The molecule has 0 unspecified atom stereocenters. The van der Waals surface area contributed by atoms with Crippen molar-refractivity contribution in [3.8, 4) is 0 Å². The highest BCUT2D eigenvalue weighted by Gasteiger charge is 2.36. The molecule has 106 valence electrons. The molecule has 0 atom stereocenters. The minimum Gasteiger partial charge on any atom is -0.424 e. The number of oxazole rings is 1. The Morgan fingerprint density at radius 1 is 1.55 bits per heavy atom. The molecule has 7 heteroatoms. The number of fused-ring (bicyclic) bond motifs is 1. The molecule has 1 aliphatic rings. The molecule has 0 amide bonds. The van der Waals surface area contributed by atoms with Crippen molar-refractivity contribution in [2.75, 3.05) is 18.1 Å². The summed E-state index contributed by atoms with van der Waals surface area (Å²) >= 11 is 1.87. The third-order valence-corrected chi connectivity index (χ3v) is 5.26. The highest BCUT2D eigenvalue weighted by Crippen LogP contribution is 2.42. The molecular weight excluding hydrogens is 278 g/mol. The Labute approximate surface area is 120 Å². The van der Waals surface area contributed by atoms with Crippen molar-refractivity contribution in [2.45, 2.75) is 24.0 Å². The fourth-order valence-electron chi connectivity index (χ4n) is 2.37. The van der Waals surface area contributed by atoms with E-state index in [1.165, 1.54) is 31.4 Å². The van der Waals surface area contributed by atoms with E-state index in [9.17, 15) is 10.1 Å². The summed E-state index contributed by atoms with van der Waals surface area (Å²) in [6, 6.07) is 4.87. The van der Waals surface area contributed by atoms with Gasteiger partial charge in [0.2, 0.25) is 0 Å². The van der Waals surface area contributed by atoms with E-state index in [1.807, 2.05) is 11.8 Å². The molecule has 1 saturated carbocycles. The Hall–Kier alpha value is -1.76. The molecular formula is C13H15N3O3S. The molecule has 20 heavy (non-hydrogen) atoms. The first-order valence-corrected chi connectivity index (χ1v) is 7.68. The Bertz CT molecular complexity index is 646. The lowest BCUT2D eigenvalue weighted by Crippen LogP contribution is -2.40. The Balaban J connectivity index is 1.77. The second kappa shape index (κ2) is 4.97. The summed E-state index contributed by atoms with van der Waals surface area (Å²) in [7, 11) is 0. The third-order valence-electron chi connectivity index (χ3n) is 3.84. The van der Waals surface area contributed by atoms with Crippen LogP contribution in [0.1, 0.15) is 19.3 Å². The van der Waals surface area contributed by atoms with Gasteiger partial charge in [-0.05, 0) is 25.2 Å². The summed E-state index contributed by atoms with van der Waals surface area (Å²) in [6.07, 6.45) is 5.79. The van der Waals surface area contributed by atoms with Crippen LogP contribution in [-0.2, 0) is 0 Å². The largest absolute Gasteiger partial charge is 0.424 e. The van der Waals surface area contributed by atoms with Gasteiger partial charge in [0, 0.05) is 23.4 Å². The molecule has 1 aromatic heterocycles. The van der Waals surface area contributed by atoms with Gasteiger partial charge in [0.1, 0.15) is 5.52 Å². The molecule has 1 aliphatic carbocycles. The van der Waals surface area contributed by atoms with Crippen LogP contribution in [0.15, 0.2) is 22.6 Å². The Kier molecular flexibility index (Phi) is 3.29. The SMILES string of the molecule is CSC1(CNc2nc3cc([N+](=O)[O-])ccc3o2)CCC1. The van der Waals surface area contributed by atoms with E-state index in [-0.39, 0.29) is 10.4 Å². The summed E-state index contributed by atoms with van der Waals surface area (Å²) in [6.45, 7) is 0.809. The minimum atomic E-state index is -0.432. The number of non-ortho nitro benzene ring substituents is 1. The maximum absolute atomic E-state index is 10.7. The molecule has 3 rings (SSSR count). The fraction of sp³-hybridized carbons (Fsp3) is 0.462. The van der Waals surface area contributed by atoms with Gasteiger partial charge < -0.3 is 9.73 Å². The van der Waals surface area contributed by atoms with Crippen molar-refractivity contribution < 1.29 is 9.34 Å². The minimum absolute atomic E-state index is 0.0249. The monoisotopic (exact) mass is 293 g/mol. The van der Waals surface area contributed by atoms with Gasteiger partial charge in [-0.15, -0.1) is 0 Å². The summed E-state index contributed by atoms with van der Waals surface area (Å²) < 4.78 is 5.84. The van der Waals surface area contributed by atoms with Gasteiger partial charge in [0.05, 0.1) is 4.92 Å². The van der Waals surface area contributed by atoms with Gasteiger partial charge >= 0.3 is 0 Å². The van der Waals surface area contributed by atoms with Crippen molar-refractivity contribution in [2.24, 2.45) is 0 Å². The number of nitro benzene ring substituents is 1. The van der Waals surface area contributed by atoms with Crippen LogP contribution in [0.5, 0.6) is 0 Å². The van der Waals surface area contributed by atoms with Crippen LogP contribution >= 0.6 is 11.8 Å². The predicted octanol–water partition coefficient (Wildman–Crippen LogP) is 3.43. The number of rotatable bonds is 5. The van der Waals surface area contributed by atoms with Crippen LogP contribution in [-0.4, -0.2) is 27.5 Å². The summed E-state index contributed by atoms with van der Waals surface area (Å²) in [5, 5.41) is 13.9. The lowest BCUT2D eigenvalue weighted by atomic mass is 9.84. The average molecular weight is 293 g/mol. The lowest BCUT2D eigenvalue weighted by molar-refractivity contribution is -0.384. The molecule has 0 saturated heterocycles. The quantitative estimate of drug-likeness (QED) is 0.672. The number of thioether (sulfide) groups is 1. The van der Waals surface area contributed by atoms with E-state index in [2.05, 4.69) is 16.6 Å². The molecule has 1 aromatic carbocycles. The smallest absolute Gasteiger partial charge is 0.295 e. The zero-order chi connectivity index (χ0) is 14.2. The first-order valence-electron chi connectivity index (χ1n) is 6.46. The molecule has 2 aromatic rings. The van der Waals surface area contributed by atoms with Gasteiger partial charge in [0.15, 0.2) is 5.58 Å². The van der Waals surface area contributed by atoms with Crippen molar-refractivity contribution in [1.82, 2.24) is 4.98 Å². The van der Waals surface area contributed by atoms with Gasteiger partial charge in [-0.2, -0.15) is 16.7 Å². The van der Waals surface area contributed by atoms with Gasteiger partial charge in [-0.1, -0.05) is 6.42 Å². The Morgan fingerprint density at radius 3 is 2.95 bits per heavy atom. The second-order valence-corrected chi connectivity index (χ2v) is 6.30. The van der Waals surface area contributed by atoms with Gasteiger partial charge in [-0.25, -0.2) is 0 Å². The number of nitrogens with one attached hydrogen (secondary N) is 1. The van der Waals surface area contributed by atoms with E-state index in [4.69, 9.17) is 4.42 Å². The molecule has 0 aliphatic heterocycles. The van der Waals surface area contributed by atoms with Crippen molar-refractivity contribution >= 4 is 34.6 Å². The molecule has 0 spiro atoms. The van der Waals surface area contributed by atoms with Gasteiger partial charge in [-0.3, -0.25) is 10.1 Å². The van der Waals surface area contributed by atoms with E-state index in [1.54, 1.807) is 6.07 Å². The van der Waals surface area contributed by atoms with Crippen LogP contribution in [0.25, 0.3) is 11.1 Å². The van der Waals surface area contributed by atoms with Gasteiger partial charge in [0.25, 0.3) is 11.7 Å². The number of hydrogen-bond donors (Lipinski definition) is 1. The van der Waals surface area contributed by atoms with Crippen LogP contribution in [0.2, 0.25) is 0 Å². The summed E-state index contributed by atoms with van der Waals surface area (Å²) in [5.74, 6) is 0.